The van der Waals surface area contributed by atoms with Gasteiger partial charge in [0.05, 0.1) is 0 Å². The topological polar surface area (TPSA) is 57.3 Å². The van der Waals surface area contributed by atoms with Crippen LogP contribution in [-0.2, 0) is 6.54 Å². The molecule has 1 heterocycles. The van der Waals surface area contributed by atoms with Crippen molar-refractivity contribution in [1.29, 1.82) is 0 Å². The number of urea groups is 1. The summed E-state index contributed by atoms with van der Waals surface area (Å²) in [6.45, 7) is 1.98. The standard InChI is InChI=1S/C11H18N4O/c1-15(2)7-6-13-11(16)14-9-10-4-3-5-12-8-10/h3-5,8H,6-7,9H2,1-2H3,(H2,13,14,16). The van der Waals surface area contributed by atoms with Crippen molar-refractivity contribution in [2.45, 2.75) is 6.54 Å². The van der Waals surface area contributed by atoms with Crippen LogP contribution >= 0.6 is 0 Å². The molecule has 0 aliphatic carbocycles. The van der Waals surface area contributed by atoms with Crippen LogP contribution in [0.2, 0.25) is 0 Å². The molecule has 0 fully saturated rings. The molecule has 16 heavy (non-hydrogen) atoms. The average molecular weight is 222 g/mol. The molecule has 0 saturated carbocycles. The van der Waals surface area contributed by atoms with Gasteiger partial charge in [-0.15, -0.1) is 0 Å². The highest BCUT2D eigenvalue weighted by molar-refractivity contribution is 5.73. The summed E-state index contributed by atoms with van der Waals surface area (Å²) in [6, 6.07) is 3.62. The maximum absolute atomic E-state index is 11.3. The Kier molecular flexibility index (Phi) is 5.28. The highest BCUT2D eigenvalue weighted by Crippen LogP contribution is 1.93. The van der Waals surface area contributed by atoms with Crippen molar-refractivity contribution >= 4 is 6.03 Å². The molecular formula is C11H18N4O. The van der Waals surface area contributed by atoms with E-state index in [0.29, 0.717) is 13.1 Å². The lowest BCUT2D eigenvalue weighted by Crippen LogP contribution is -2.38. The van der Waals surface area contributed by atoms with Crippen LogP contribution < -0.4 is 10.6 Å². The van der Waals surface area contributed by atoms with Crippen LogP contribution in [0.1, 0.15) is 5.56 Å². The predicted octanol–water partition coefficient (Wildman–Crippen LogP) is 0.442. The van der Waals surface area contributed by atoms with Gasteiger partial charge in [0.2, 0.25) is 0 Å². The number of carbonyl (C=O) groups excluding carboxylic acids is 1. The van der Waals surface area contributed by atoms with Gasteiger partial charge in [-0.05, 0) is 25.7 Å². The summed E-state index contributed by atoms with van der Waals surface area (Å²) in [7, 11) is 3.93. The van der Waals surface area contributed by atoms with Gasteiger partial charge in [-0.25, -0.2) is 4.79 Å². The molecule has 1 aromatic rings. The molecule has 0 aliphatic rings. The molecule has 0 atom stereocenters. The van der Waals surface area contributed by atoms with Crippen molar-refractivity contribution in [3.8, 4) is 0 Å². The molecule has 5 heteroatoms. The number of hydrogen-bond acceptors (Lipinski definition) is 3. The molecule has 0 bridgehead atoms. The summed E-state index contributed by atoms with van der Waals surface area (Å²) in [4.78, 5) is 17.3. The molecular weight excluding hydrogens is 204 g/mol. The Labute approximate surface area is 95.9 Å². The summed E-state index contributed by atoms with van der Waals surface area (Å²) in [6.07, 6.45) is 3.45. The van der Waals surface area contributed by atoms with Gasteiger partial charge in [-0.3, -0.25) is 4.98 Å². The van der Waals surface area contributed by atoms with Gasteiger partial charge in [-0.1, -0.05) is 6.07 Å². The lowest BCUT2D eigenvalue weighted by Gasteiger charge is -2.11. The fourth-order valence-electron chi connectivity index (χ4n) is 1.14. The number of aromatic nitrogens is 1. The van der Waals surface area contributed by atoms with E-state index in [-0.39, 0.29) is 6.03 Å². The summed E-state index contributed by atoms with van der Waals surface area (Å²) >= 11 is 0. The molecule has 0 spiro atoms. The molecule has 2 N–H and O–H groups in total. The fourth-order valence-corrected chi connectivity index (χ4v) is 1.14. The van der Waals surface area contributed by atoms with E-state index >= 15 is 0 Å². The van der Waals surface area contributed by atoms with E-state index in [1.54, 1.807) is 12.4 Å². The normalized spacial score (nSPS) is 10.2. The van der Waals surface area contributed by atoms with Crippen LogP contribution in [0.15, 0.2) is 24.5 Å². The van der Waals surface area contributed by atoms with Gasteiger partial charge in [0, 0.05) is 32.0 Å². The van der Waals surface area contributed by atoms with Gasteiger partial charge in [0.15, 0.2) is 0 Å². The maximum Gasteiger partial charge on any atom is 0.315 e. The zero-order valence-corrected chi connectivity index (χ0v) is 9.73. The van der Waals surface area contributed by atoms with Crippen molar-refractivity contribution in [3.63, 3.8) is 0 Å². The lowest BCUT2D eigenvalue weighted by atomic mass is 10.3. The Hall–Kier alpha value is -1.62. The first-order valence-electron chi connectivity index (χ1n) is 5.24. The van der Waals surface area contributed by atoms with E-state index in [1.165, 1.54) is 0 Å². The van der Waals surface area contributed by atoms with E-state index in [1.807, 2.05) is 31.1 Å². The van der Waals surface area contributed by atoms with E-state index in [2.05, 4.69) is 15.6 Å². The molecule has 0 unspecified atom stereocenters. The van der Waals surface area contributed by atoms with Crippen molar-refractivity contribution < 1.29 is 4.79 Å². The average Bonchev–Trinajstić information content (AvgIpc) is 2.27. The Bertz CT molecular complexity index is 313. The second kappa shape index (κ2) is 6.79. The lowest BCUT2D eigenvalue weighted by molar-refractivity contribution is 0.239. The van der Waals surface area contributed by atoms with Crippen LogP contribution in [-0.4, -0.2) is 43.1 Å². The van der Waals surface area contributed by atoms with Crippen LogP contribution in [0.5, 0.6) is 0 Å². The van der Waals surface area contributed by atoms with E-state index in [4.69, 9.17) is 0 Å². The summed E-state index contributed by atoms with van der Waals surface area (Å²) < 4.78 is 0. The molecule has 0 aliphatic heterocycles. The van der Waals surface area contributed by atoms with Crippen molar-refractivity contribution in [1.82, 2.24) is 20.5 Å². The van der Waals surface area contributed by atoms with Crippen LogP contribution in [0.4, 0.5) is 4.79 Å². The third-order valence-corrected chi connectivity index (χ3v) is 2.02. The molecule has 1 aromatic heterocycles. The molecule has 88 valence electrons. The largest absolute Gasteiger partial charge is 0.337 e. The summed E-state index contributed by atoms with van der Waals surface area (Å²) in [5, 5.41) is 5.54. The Morgan fingerprint density at radius 2 is 2.25 bits per heavy atom. The number of rotatable bonds is 5. The first kappa shape index (κ1) is 12.4. The number of carbonyl (C=O) groups is 1. The number of hydrogen-bond donors (Lipinski definition) is 2. The van der Waals surface area contributed by atoms with Gasteiger partial charge in [0.25, 0.3) is 0 Å². The molecule has 0 saturated heterocycles. The predicted molar refractivity (Wildman–Crippen MR) is 63.0 cm³/mol. The number of nitrogens with zero attached hydrogens (tertiary/aromatic N) is 2. The van der Waals surface area contributed by atoms with Gasteiger partial charge in [-0.2, -0.15) is 0 Å². The van der Waals surface area contributed by atoms with Crippen molar-refractivity contribution in [2.75, 3.05) is 27.2 Å². The highest BCUT2D eigenvalue weighted by Gasteiger charge is 1.99. The SMILES string of the molecule is CN(C)CCNC(=O)NCc1cccnc1. The second-order valence-electron chi connectivity index (χ2n) is 3.77. The number of amides is 2. The first-order valence-corrected chi connectivity index (χ1v) is 5.24. The summed E-state index contributed by atoms with van der Waals surface area (Å²) in [5.41, 5.74) is 0.991. The zero-order valence-electron chi connectivity index (χ0n) is 9.73. The summed E-state index contributed by atoms with van der Waals surface area (Å²) in [5.74, 6) is 0. The molecule has 2 amide bonds. The third kappa shape index (κ3) is 5.31. The van der Waals surface area contributed by atoms with E-state index < -0.39 is 0 Å². The first-order chi connectivity index (χ1) is 7.68. The fraction of sp³-hybridized carbons (Fsp3) is 0.455. The third-order valence-electron chi connectivity index (χ3n) is 2.02. The Balaban J connectivity index is 2.16. The van der Waals surface area contributed by atoms with E-state index in [9.17, 15) is 4.79 Å². The van der Waals surface area contributed by atoms with Gasteiger partial charge in [0.1, 0.15) is 0 Å². The monoisotopic (exact) mass is 222 g/mol. The van der Waals surface area contributed by atoms with Crippen LogP contribution in [0.3, 0.4) is 0 Å². The molecule has 0 aromatic carbocycles. The minimum atomic E-state index is -0.147. The van der Waals surface area contributed by atoms with Gasteiger partial charge < -0.3 is 15.5 Å². The number of nitrogens with one attached hydrogen (secondary N) is 2. The highest BCUT2D eigenvalue weighted by atomic mass is 16.2. The number of likely N-dealkylation sites (N-methyl/N-ethyl adjacent to an activating group) is 1. The molecule has 1 rings (SSSR count). The van der Waals surface area contributed by atoms with Crippen LogP contribution in [0, 0.1) is 0 Å². The van der Waals surface area contributed by atoms with Crippen LogP contribution in [0.25, 0.3) is 0 Å². The Morgan fingerprint density at radius 1 is 1.44 bits per heavy atom. The van der Waals surface area contributed by atoms with E-state index in [0.717, 1.165) is 12.1 Å². The van der Waals surface area contributed by atoms with Crippen molar-refractivity contribution in [2.24, 2.45) is 0 Å². The smallest absolute Gasteiger partial charge is 0.315 e. The maximum atomic E-state index is 11.3. The Morgan fingerprint density at radius 3 is 2.88 bits per heavy atom. The minimum absolute atomic E-state index is 0.147. The quantitative estimate of drug-likeness (QED) is 0.760. The molecule has 5 nitrogen and oxygen atoms in total. The molecule has 0 radical (unpaired) electrons. The zero-order chi connectivity index (χ0) is 11.8. The second-order valence-corrected chi connectivity index (χ2v) is 3.77. The number of pyridine rings is 1. The minimum Gasteiger partial charge on any atom is -0.337 e. The van der Waals surface area contributed by atoms with Gasteiger partial charge >= 0.3 is 6.03 Å². The van der Waals surface area contributed by atoms with Crippen molar-refractivity contribution in [3.05, 3.63) is 30.1 Å².